The third kappa shape index (κ3) is 1.81. The largest absolute Gasteiger partial charge is 0.464 e. The van der Waals surface area contributed by atoms with E-state index >= 15 is 0 Å². The van der Waals surface area contributed by atoms with Crippen LogP contribution in [0.2, 0.25) is 0 Å². The molecule has 0 radical (unpaired) electrons. The summed E-state index contributed by atoms with van der Waals surface area (Å²) in [5.41, 5.74) is -0.740. The number of carbonyl (C=O) groups is 1. The zero-order valence-corrected chi connectivity index (χ0v) is 9.49. The topological polar surface area (TPSA) is 57.2 Å². The summed E-state index contributed by atoms with van der Waals surface area (Å²) < 4.78 is 5.39. The standard InChI is InChI=1S/C12H14N2O2/c1-9-3-4-10(16-9)7-14(2)11(15)12(8-13)5-6-12/h3-4H,5-7H2,1-2H3. The molecule has 0 N–H and O–H groups in total. The van der Waals surface area contributed by atoms with Gasteiger partial charge in [0.1, 0.15) is 16.9 Å². The second-order valence-electron chi connectivity index (χ2n) is 4.37. The third-order valence-electron chi connectivity index (χ3n) is 2.91. The Kier molecular flexibility index (Phi) is 2.47. The van der Waals surface area contributed by atoms with Crippen molar-refractivity contribution < 1.29 is 9.21 Å². The van der Waals surface area contributed by atoms with Gasteiger partial charge in [-0.3, -0.25) is 4.79 Å². The van der Waals surface area contributed by atoms with E-state index < -0.39 is 5.41 Å². The smallest absolute Gasteiger partial charge is 0.243 e. The Morgan fingerprint density at radius 1 is 1.62 bits per heavy atom. The Labute approximate surface area is 94.5 Å². The number of carbonyl (C=O) groups excluding carboxylic acids is 1. The predicted molar refractivity (Wildman–Crippen MR) is 57.2 cm³/mol. The summed E-state index contributed by atoms with van der Waals surface area (Å²) in [4.78, 5) is 13.5. The lowest BCUT2D eigenvalue weighted by molar-refractivity contribution is -0.134. The van der Waals surface area contributed by atoms with Crippen LogP contribution in [0, 0.1) is 23.7 Å². The second-order valence-corrected chi connectivity index (χ2v) is 4.37. The van der Waals surface area contributed by atoms with Gasteiger partial charge in [0.05, 0.1) is 12.6 Å². The van der Waals surface area contributed by atoms with Crippen molar-refractivity contribution in [1.29, 1.82) is 5.26 Å². The van der Waals surface area contributed by atoms with Crippen molar-refractivity contribution in [1.82, 2.24) is 4.90 Å². The molecule has 4 nitrogen and oxygen atoms in total. The van der Waals surface area contributed by atoms with Gasteiger partial charge in [0, 0.05) is 7.05 Å². The molecule has 2 rings (SSSR count). The van der Waals surface area contributed by atoms with E-state index in [4.69, 9.17) is 9.68 Å². The molecule has 4 heteroatoms. The summed E-state index contributed by atoms with van der Waals surface area (Å²) in [5, 5.41) is 8.93. The summed E-state index contributed by atoms with van der Waals surface area (Å²) >= 11 is 0. The van der Waals surface area contributed by atoms with Crippen molar-refractivity contribution in [2.45, 2.75) is 26.3 Å². The van der Waals surface area contributed by atoms with Crippen LogP contribution in [-0.2, 0) is 11.3 Å². The van der Waals surface area contributed by atoms with Crippen molar-refractivity contribution in [3.8, 4) is 6.07 Å². The van der Waals surface area contributed by atoms with E-state index in [0.717, 1.165) is 11.5 Å². The molecule has 84 valence electrons. The zero-order valence-electron chi connectivity index (χ0n) is 9.49. The first-order valence-corrected chi connectivity index (χ1v) is 5.29. The second kappa shape index (κ2) is 3.67. The van der Waals surface area contributed by atoms with Crippen LogP contribution in [0.1, 0.15) is 24.4 Å². The first-order chi connectivity index (χ1) is 7.57. The first kappa shape index (κ1) is 10.7. The Hall–Kier alpha value is -1.76. The van der Waals surface area contributed by atoms with E-state index in [1.54, 1.807) is 11.9 Å². The summed E-state index contributed by atoms with van der Waals surface area (Å²) in [7, 11) is 1.71. The van der Waals surface area contributed by atoms with Gasteiger partial charge in [-0.2, -0.15) is 5.26 Å². The maximum Gasteiger partial charge on any atom is 0.243 e. The Morgan fingerprint density at radius 2 is 2.31 bits per heavy atom. The van der Waals surface area contributed by atoms with E-state index in [9.17, 15) is 4.79 Å². The fourth-order valence-corrected chi connectivity index (χ4v) is 1.74. The highest BCUT2D eigenvalue weighted by Crippen LogP contribution is 2.46. The van der Waals surface area contributed by atoms with Gasteiger partial charge in [0.25, 0.3) is 0 Å². The predicted octanol–water partition coefficient (Wildman–Crippen LogP) is 1.85. The van der Waals surface area contributed by atoms with Crippen LogP contribution in [0.25, 0.3) is 0 Å². The van der Waals surface area contributed by atoms with E-state index in [1.165, 1.54) is 0 Å². The van der Waals surface area contributed by atoms with E-state index in [-0.39, 0.29) is 5.91 Å². The minimum atomic E-state index is -0.740. The van der Waals surface area contributed by atoms with Gasteiger partial charge in [-0.1, -0.05) is 0 Å². The molecule has 1 aliphatic rings. The van der Waals surface area contributed by atoms with Crippen molar-refractivity contribution in [2.75, 3.05) is 7.05 Å². The van der Waals surface area contributed by atoms with Gasteiger partial charge in [-0.15, -0.1) is 0 Å². The lowest BCUT2D eigenvalue weighted by Gasteiger charge is -2.18. The Bertz CT molecular complexity index is 452. The lowest BCUT2D eigenvalue weighted by atomic mass is 10.1. The Morgan fingerprint density at radius 3 is 2.75 bits per heavy atom. The number of hydrogen-bond acceptors (Lipinski definition) is 3. The summed E-state index contributed by atoms with van der Waals surface area (Å²) in [6, 6.07) is 5.82. The van der Waals surface area contributed by atoms with Crippen molar-refractivity contribution in [2.24, 2.45) is 5.41 Å². The molecule has 1 amide bonds. The molecule has 0 unspecified atom stereocenters. The van der Waals surface area contributed by atoms with Crippen LogP contribution in [0.4, 0.5) is 0 Å². The molecular weight excluding hydrogens is 204 g/mol. The molecule has 0 saturated heterocycles. The van der Waals surface area contributed by atoms with Gasteiger partial charge in [-0.25, -0.2) is 0 Å². The molecule has 0 bridgehead atoms. The fourth-order valence-electron chi connectivity index (χ4n) is 1.74. The molecule has 1 saturated carbocycles. The van der Waals surface area contributed by atoms with E-state index in [0.29, 0.717) is 19.4 Å². The van der Waals surface area contributed by atoms with E-state index in [1.807, 2.05) is 19.1 Å². The van der Waals surface area contributed by atoms with Crippen molar-refractivity contribution in [3.05, 3.63) is 23.7 Å². The number of amides is 1. The van der Waals surface area contributed by atoms with Crippen LogP contribution in [0.15, 0.2) is 16.5 Å². The van der Waals surface area contributed by atoms with Gasteiger partial charge in [0.2, 0.25) is 5.91 Å². The van der Waals surface area contributed by atoms with Crippen LogP contribution in [0.5, 0.6) is 0 Å². The lowest BCUT2D eigenvalue weighted by Crippen LogP contribution is -2.32. The van der Waals surface area contributed by atoms with Crippen molar-refractivity contribution in [3.63, 3.8) is 0 Å². The molecule has 1 aromatic heterocycles. The van der Waals surface area contributed by atoms with Gasteiger partial charge >= 0.3 is 0 Å². The van der Waals surface area contributed by atoms with E-state index in [2.05, 4.69) is 6.07 Å². The number of hydrogen-bond donors (Lipinski definition) is 0. The Balaban J connectivity index is 2.01. The van der Waals surface area contributed by atoms with Crippen LogP contribution in [0.3, 0.4) is 0 Å². The number of aryl methyl sites for hydroxylation is 1. The van der Waals surface area contributed by atoms with Crippen molar-refractivity contribution >= 4 is 5.91 Å². The zero-order chi connectivity index (χ0) is 11.8. The first-order valence-electron chi connectivity index (χ1n) is 5.29. The molecule has 0 atom stereocenters. The molecule has 1 heterocycles. The average molecular weight is 218 g/mol. The number of nitriles is 1. The molecule has 1 fully saturated rings. The maximum absolute atomic E-state index is 11.9. The third-order valence-corrected chi connectivity index (χ3v) is 2.91. The van der Waals surface area contributed by atoms with Gasteiger partial charge in [-0.05, 0) is 31.9 Å². The number of nitrogens with zero attached hydrogens (tertiary/aromatic N) is 2. The monoisotopic (exact) mass is 218 g/mol. The average Bonchev–Trinajstić information content (AvgIpc) is 2.97. The molecule has 1 aliphatic carbocycles. The molecule has 0 aliphatic heterocycles. The highest BCUT2D eigenvalue weighted by molar-refractivity contribution is 5.88. The quantitative estimate of drug-likeness (QED) is 0.778. The molecule has 0 spiro atoms. The highest BCUT2D eigenvalue weighted by atomic mass is 16.3. The minimum absolute atomic E-state index is 0.0935. The molecule has 1 aromatic rings. The maximum atomic E-state index is 11.9. The number of rotatable bonds is 3. The van der Waals surface area contributed by atoms with Crippen LogP contribution in [-0.4, -0.2) is 17.9 Å². The molecule has 16 heavy (non-hydrogen) atoms. The summed E-state index contributed by atoms with van der Waals surface area (Å²) in [6.45, 7) is 2.29. The van der Waals surface area contributed by atoms with Crippen LogP contribution >= 0.6 is 0 Å². The van der Waals surface area contributed by atoms with Gasteiger partial charge in [0.15, 0.2) is 0 Å². The molecule has 0 aromatic carbocycles. The molecular formula is C12H14N2O2. The minimum Gasteiger partial charge on any atom is -0.464 e. The normalized spacial score (nSPS) is 16.6. The highest BCUT2D eigenvalue weighted by Gasteiger charge is 2.52. The van der Waals surface area contributed by atoms with Gasteiger partial charge < -0.3 is 9.32 Å². The summed E-state index contributed by atoms with van der Waals surface area (Å²) in [6.07, 6.45) is 1.37. The summed E-state index contributed by atoms with van der Waals surface area (Å²) in [5.74, 6) is 1.49. The SMILES string of the molecule is Cc1ccc(CN(C)C(=O)C2(C#N)CC2)o1. The van der Waals surface area contributed by atoms with Crippen LogP contribution < -0.4 is 0 Å². The fraction of sp³-hybridized carbons (Fsp3) is 0.500. The number of furan rings is 1.